The van der Waals surface area contributed by atoms with Gasteiger partial charge in [0.2, 0.25) is 0 Å². The number of ketones is 1. The zero-order valence-electron chi connectivity index (χ0n) is 34.3. The number of allylic oxidation sites excluding steroid dienone is 2. The molecule has 52 heavy (non-hydrogen) atoms. The highest BCUT2D eigenvalue weighted by atomic mass is 16.3. The van der Waals surface area contributed by atoms with Crippen LogP contribution in [0.3, 0.4) is 0 Å². The van der Waals surface area contributed by atoms with Crippen LogP contribution in [0.15, 0.2) is 42.4 Å². The first-order valence-electron chi connectivity index (χ1n) is 23.0. The summed E-state index contributed by atoms with van der Waals surface area (Å²) in [6, 6.07) is 8.07. The molecule has 2 heterocycles. The lowest BCUT2D eigenvalue weighted by atomic mass is 9.78. The summed E-state index contributed by atoms with van der Waals surface area (Å²) < 4.78 is 4.38. The van der Waals surface area contributed by atoms with E-state index in [4.69, 9.17) is 0 Å². The molecule has 4 heteroatoms. The first-order chi connectivity index (χ1) is 25.7. The van der Waals surface area contributed by atoms with Crippen LogP contribution in [0.1, 0.15) is 237 Å². The van der Waals surface area contributed by atoms with Gasteiger partial charge in [-0.3, -0.25) is 4.79 Å². The molecule has 4 nitrogen and oxygen atoms in total. The third-order valence-electron chi connectivity index (χ3n) is 11.8. The third kappa shape index (κ3) is 17.3. The molecular formula is C48H82N2O2. The summed E-state index contributed by atoms with van der Waals surface area (Å²) in [4.78, 5) is 13.5. The molecule has 2 aromatic rings. The minimum Gasteiger partial charge on any atom is -0.510 e. The van der Waals surface area contributed by atoms with Crippen molar-refractivity contribution in [2.75, 3.05) is 0 Å². The van der Waals surface area contributed by atoms with Crippen molar-refractivity contribution in [2.45, 2.75) is 238 Å². The van der Waals surface area contributed by atoms with Crippen LogP contribution in [0.2, 0.25) is 0 Å². The van der Waals surface area contributed by atoms with E-state index in [0.717, 1.165) is 37.3 Å². The van der Waals surface area contributed by atoms with Gasteiger partial charge in [-0.1, -0.05) is 206 Å². The molecule has 0 fully saturated rings. The van der Waals surface area contributed by atoms with Gasteiger partial charge in [-0.05, 0) is 37.1 Å². The van der Waals surface area contributed by atoms with Gasteiger partial charge in [0.1, 0.15) is 11.7 Å². The molecule has 296 valence electrons. The summed E-state index contributed by atoms with van der Waals surface area (Å²) in [7, 11) is 0. The number of aryl methyl sites for hydroxylation is 2. The Kier molecular flexibility index (Phi) is 24.8. The van der Waals surface area contributed by atoms with Crippen molar-refractivity contribution in [3.05, 3.63) is 53.8 Å². The molecule has 0 aliphatic heterocycles. The van der Waals surface area contributed by atoms with Gasteiger partial charge in [0.05, 0.1) is 11.3 Å². The smallest absolute Gasteiger partial charge is 0.184 e. The number of unbranched alkanes of at least 4 members (excludes halogenated alkanes) is 30. The van der Waals surface area contributed by atoms with Crippen molar-refractivity contribution in [3.63, 3.8) is 0 Å². The van der Waals surface area contributed by atoms with Crippen LogP contribution >= 0.6 is 0 Å². The van der Waals surface area contributed by atoms with Crippen LogP contribution < -0.4 is 0 Å². The van der Waals surface area contributed by atoms with Crippen molar-refractivity contribution < 1.29 is 9.90 Å². The molecule has 1 atom stereocenters. The summed E-state index contributed by atoms with van der Waals surface area (Å²) in [6.07, 6.45) is 48.0. The maximum atomic E-state index is 13.5. The Morgan fingerprint density at radius 3 is 1.17 bits per heavy atom. The Bertz CT molecular complexity index is 1190. The fourth-order valence-corrected chi connectivity index (χ4v) is 8.38. The van der Waals surface area contributed by atoms with Crippen molar-refractivity contribution >= 4 is 11.4 Å². The van der Waals surface area contributed by atoms with Crippen LogP contribution in [-0.4, -0.2) is 20.0 Å². The molecule has 0 radical (unpaired) electrons. The standard InChI is InChI=1S/C48H82N2O2/c1-3-5-7-9-11-13-15-17-19-21-23-25-27-29-31-33-39-49-41-35-37-43(49)45-47(51)46(48(45)52)44-38-36-42-50(44)40-34-32-30-28-26-24-22-20-18-16-14-12-10-8-6-4-2/h35-38,41-42,45,51H,3-34,39-40H2,1-2H3. The lowest BCUT2D eigenvalue weighted by Crippen LogP contribution is -2.31. The van der Waals surface area contributed by atoms with Gasteiger partial charge >= 0.3 is 0 Å². The molecule has 2 aromatic heterocycles. The molecule has 0 aromatic carbocycles. The van der Waals surface area contributed by atoms with Crippen molar-refractivity contribution in [1.82, 2.24) is 9.13 Å². The molecule has 0 saturated carbocycles. The molecule has 1 unspecified atom stereocenters. The number of aliphatic hydroxyl groups is 1. The van der Waals surface area contributed by atoms with Crippen LogP contribution in [-0.2, 0) is 17.9 Å². The van der Waals surface area contributed by atoms with E-state index in [1.54, 1.807) is 0 Å². The molecule has 1 aliphatic rings. The van der Waals surface area contributed by atoms with E-state index in [-0.39, 0.29) is 11.5 Å². The average molecular weight is 719 g/mol. The third-order valence-corrected chi connectivity index (χ3v) is 11.8. The highest BCUT2D eigenvalue weighted by molar-refractivity contribution is 6.31. The minimum atomic E-state index is -0.509. The Morgan fingerprint density at radius 1 is 0.462 bits per heavy atom. The van der Waals surface area contributed by atoms with Crippen molar-refractivity contribution in [2.24, 2.45) is 0 Å². The Balaban J connectivity index is 1.22. The maximum Gasteiger partial charge on any atom is 0.184 e. The lowest BCUT2D eigenvalue weighted by molar-refractivity contribution is -0.117. The largest absolute Gasteiger partial charge is 0.510 e. The van der Waals surface area contributed by atoms with Crippen LogP contribution in [0.25, 0.3) is 5.57 Å². The average Bonchev–Trinajstić information content (AvgIpc) is 3.80. The van der Waals surface area contributed by atoms with E-state index in [1.165, 1.54) is 193 Å². The van der Waals surface area contributed by atoms with Gasteiger partial charge in [-0.2, -0.15) is 0 Å². The highest BCUT2D eigenvalue weighted by Crippen LogP contribution is 2.43. The molecule has 3 rings (SSSR count). The normalized spacial score (nSPS) is 14.5. The number of rotatable bonds is 36. The molecule has 0 amide bonds. The first kappa shape index (κ1) is 44.2. The molecule has 1 N–H and O–H groups in total. The Morgan fingerprint density at radius 2 is 0.788 bits per heavy atom. The fraction of sp³-hybridized carbons (Fsp3) is 0.771. The quantitative estimate of drug-likeness (QED) is 0.0713. The first-order valence-corrected chi connectivity index (χ1v) is 23.0. The van der Waals surface area contributed by atoms with Crippen molar-refractivity contribution in [3.8, 4) is 0 Å². The van der Waals surface area contributed by atoms with E-state index >= 15 is 0 Å². The van der Waals surface area contributed by atoms with E-state index in [0.29, 0.717) is 5.57 Å². The van der Waals surface area contributed by atoms with Gasteiger partial charge in [-0.15, -0.1) is 0 Å². The lowest BCUT2D eigenvalue weighted by Gasteiger charge is -2.29. The van der Waals surface area contributed by atoms with Gasteiger partial charge in [0.25, 0.3) is 0 Å². The number of aromatic nitrogens is 2. The number of nitrogens with zero attached hydrogens (tertiary/aromatic N) is 2. The molecular weight excluding hydrogens is 637 g/mol. The van der Waals surface area contributed by atoms with Gasteiger partial charge in [0, 0.05) is 31.2 Å². The summed E-state index contributed by atoms with van der Waals surface area (Å²) in [5.41, 5.74) is 2.36. The van der Waals surface area contributed by atoms with Gasteiger partial charge < -0.3 is 14.2 Å². The predicted octanol–water partition coefficient (Wildman–Crippen LogP) is 15.4. The second-order valence-electron chi connectivity index (χ2n) is 16.4. The Labute approximate surface area is 321 Å². The predicted molar refractivity (Wildman–Crippen MR) is 225 cm³/mol. The number of Topliss-reactive ketones (excluding diaryl/α,β-unsaturated/α-hetero) is 1. The van der Waals surface area contributed by atoms with E-state index in [1.807, 2.05) is 24.3 Å². The SMILES string of the molecule is CCCCCCCCCCCCCCCCCCn1cccc1C1=C(O)C(c2cccn2CCCCCCCCCCCCCCCCCC)C1=O. The van der Waals surface area contributed by atoms with Crippen LogP contribution in [0.5, 0.6) is 0 Å². The monoisotopic (exact) mass is 719 g/mol. The second-order valence-corrected chi connectivity index (χ2v) is 16.4. The molecule has 0 bridgehead atoms. The zero-order chi connectivity index (χ0) is 36.9. The van der Waals surface area contributed by atoms with Crippen LogP contribution in [0, 0.1) is 0 Å². The molecule has 0 spiro atoms. The maximum absolute atomic E-state index is 13.5. The fourth-order valence-electron chi connectivity index (χ4n) is 8.38. The highest BCUT2D eigenvalue weighted by Gasteiger charge is 2.43. The van der Waals surface area contributed by atoms with Crippen LogP contribution in [0.4, 0.5) is 0 Å². The number of carbonyl (C=O) groups excluding carboxylic acids is 1. The Hall–Kier alpha value is -2.23. The molecule has 1 aliphatic carbocycles. The minimum absolute atomic E-state index is 0.0661. The molecule has 0 saturated heterocycles. The zero-order valence-corrected chi connectivity index (χ0v) is 34.3. The van der Waals surface area contributed by atoms with E-state index in [2.05, 4.69) is 35.4 Å². The topological polar surface area (TPSA) is 47.2 Å². The second kappa shape index (κ2) is 29.2. The van der Waals surface area contributed by atoms with Gasteiger partial charge in [0.15, 0.2) is 5.78 Å². The number of hydrogen-bond donors (Lipinski definition) is 1. The summed E-state index contributed by atoms with van der Waals surface area (Å²) in [5, 5.41) is 11.2. The number of carbonyl (C=O) groups is 1. The summed E-state index contributed by atoms with van der Waals surface area (Å²) in [6.45, 7) is 6.41. The van der Waals surface area contributed by atoms with E-state index in [9.17, 15) is 9.90 Å². The van der Waals surface area contributed by atoms with Gasteiger partial charge in [-0.25, -0.2) is 0 Å². The van der Waals surface area contributed by atoms with E-state index < -0.39 is 5.92 Å². The summed E-state index contributed by atoms with van der Waals surface area (Å²) >= 11 is 0. The summed E-state index contributed by atoms with van der Waals surface area (Å²) in [5.74, 6) is -0.190. The number of aliphatic hydroxyl groups excluding tert-OH is 1. The van der Waals surface area contributed by atoms with Crippen molar-refractivity contribution in [1.29, 1.82) is 0 Å². The number of hydrogen-bond acceptors (Lipinski definition) is 2.